The Balaban J connectivity index is 2.32. The van der Waals surface area contributed by atoms with E-state index in [1.807, 2.05) is 20.8 Å². The second-order valence-corrected chi connectivity index (χ2v) is 5.38. The fourth-order valence-corrected chi connectivity index (χ4v) is 2.44. The van der Waals surface area contributed by atoms with Crippen molar-refractivity contribution < 1.29 is 9.59 Å². The van der Waals surface area contributed by atoms with Gasteiger partial charge in [0.1, 0.15) is 0 Å². The lowest BCUT2D eigenvalue weighted by atomic mass is 9.80. The Bertz CT molecular complexity index is 308. The second-order valence-electron chi connectivity index (χ2n) is 5.38. The zero-order chi connectivity index (χ0) is 14.3. The molecule has 0 saturated carbocycles. The van der Waals surface area contributed by atoms with Crippen molar-refractivity contribution in [1.29, 1.82) is 0 Å². The van der Waals surface area contributed by atoms with Crippen LogP contribution in [-0.4, -0.2) is 49.4 Å². The molecule has 0 aromatic heterocycles. The summed E-state index contributed by atoms with van der Waals surface area (Å²) in [7, 11) is 0. The zero-order valence-electron chi connectivity index (χ0n) is 12.4. The van der Waals surface area contributed by atoms with Gasteiger partial charge in [-0.1, -0.05) is 6.92 Å². The Hall–Kier alpha value is -1.10. The summed E-state index contributed by atoms with van der Waals surface area (Å²) in [6.07, 6.45) is 2.12. The van der Waals surface area contributed by atoms with E-state index in [4.69, 9.17) is 0 Å². The van der Waals surface area contributed by atoms with E-state index in [2.05, 4.69) is 10.6 Å². The number of rotatable bonds is 6. The van der Waals surface area contributed by atoms with Crippen LogP contribution in [0.25, 0.3) is 0 Å². The van der Waals surface area contributed by atoms with E-state index in [-0.39, 0.29) is 17.2 Å². The van der Waals surface area contributed by atoms with Crippen LogP contribution in [0.2, 0.25) is 0 Å². The van der Waals surface area contributed by atoms with Gasteiger partial charge in [0.25, 0.3) is 0 Å². The van der Waals surface area contributed by atoms with Gasteiger partial charge in [-0.15, -0.1) is 0 Å². The van der Waals surface area contributed by atoms with Gasteiger partial charge in [0.2, 0.25) is 11.8 Å². The summed E-state index contributed by atoms with van der Waals surface area (Å²) in [5, 5.41) is 6.17. The largest absolute Gasteiger partial charge is 0.355 e. The molecule has 1 rings (SSSR count). The van der Waals surface area contributed by atoms with Gasteiger partial charge in [-0.25, -0.2) is 0 Å². The van der Waals surface area contributed by atoms with Crippen LogP contribution in [0.1, 0.15) is 40.0 Å². The van der Waals surface area contributed by atoms with Crippen molar-refractivity contribution in [3.63, 3.8) is 0 Å². The van der Waals surface area contributed by atoms with Gasteiger partial charge >= 0.3 is 0 Å². The smallest absolute Gasteiger partial charge is 0.226 e. The first kappa shape index (κ1) is 16.0. The van der Waals surface area contributed by atoms with Crippen LogP contribution in [0, 0.1) is 5.41 Å². The fraction of sp³-hybridized carbons (Fsp3) is 0.857. The summed E-state index contributed by atoms with van der Waals surface area (Å²) in [5.41, 5.74) is -0.274. The van der Waals surface area contributed by atoms with Crippen molar-refractivity contribution >= 4 is 11.8 Å². The third-order valence-electron chi connectivity index (χ3n) is 4.00. The van der Waals surface area contributed by atoms with E-state index in [0.717, 1.165) is 39.0 Å². The van der Waals surface area contributed by atoms with Gasteiger partial charge in [0, 0.05) is 31.5 Å². The quantitative estimate of drug-likeness (QED) is 0.748. The predicted molar refractivity (Wildman–Crippen MR) is 75.8 cm³/mol. The number of piperidine rings is 1. The Morgan fingerprint density at radius 2 is 1.79 bits per heavy atom. The Kier molecular flexibility index (Phi) is 6.28. The van der Waals surface area contributed by atoms with Crippen LogP contribution in [0.5, 0.6) is 0 Å². The maximum atomic E-state index is 12.1. The van der Waals surface area contributed by atoms with Crippen LogP contribution in [0.15, 0.2) is 0 Å². The summed E-state index contributed by atoms with van der Waals surface area (Å²) in [6.45, 7) is 9.63. The van der Waals surface area contributed by atoms with Gasteiger partial charge in [-0.2, -0.15) is 0 Å². The minimum absolute atomic E-state index is 0.0846. The molecule has 0 aliphatic carbocycles. The highest BCUT2D eigenvalue weighted by molar-refractivity contribution is 5.83. The van der Waals surface area contributed by atoms with Crippen molar-refractivity contribution in [3.05, 3.63) is 0 Å². The SMILES string of the molecule is CCN(CC)C(=O)CCNC(=O)C1(C)CCNCC1. The maximum absolute atomic E-state index is 12.1. The van der Waals surface area contributed by atoms with E-state index in [1.165, 1.54) is 0 Å². The molecule has 19 heavy (non-hydrogen) atoms. The summed E-state index contributed by atoms with van der Waals surface area (Å²) in [5.74, 6) is 0.196. The van der Waals surface area contributed by atoms with Gasteiger partial charge in [-0.05, 0) is 39.8 Å². The number of nitrogens with one attached hydrogen (secondary N) is 2. The average molecular weight is 269 g/mol. The highest BCUT2D eigenvalue weighted by atomic mass is 16.2. The molecule has 0 radical (unpaired) electrons. The molecule has 1 aliphatic heterocycles. The summed E-state index contributed by atoms with van der Waals surface area (Å²) in [6, 6.07) is 0. The summed E-state index contributed by atoms with van der Waals surface area (Å²) in [4.78, 5) is 25.7. The lowest BCUT2D eigenvalue weighted by Crippen LogP contribution is -2.46. The molecule has 0 unspecified atom stereocenters. The number of nitrogens with zero attached hydrogens (tertiary/aromatic N) is 1. The molecular weight excluding hydrogens is 242 g/mol. The molecule has 1 aliphatic rings. The standard InChI is InChI=1S/C14H27N3O2/c1-4-17(5-2)12(18)6-9-16-13(19)14(3)7-10-15-11-8-14/h15H,4-11H2,1-3H3,(H,16,19). The van der Waals surface area contributed by atoms with Gasteiger partial charge in [0.05, 0.1) is 0 Å². The van der Waals surface area contributed by atoms with Gasteiger partial charge in [-0.3, -0.25) is 9.59 Å². The van der Waals surface area contributed by atoms with E-state index in [0.29, 0.717) is 13.0 Å². The van der Waals surface area contributed by atoms with E-state index >= 15 is 0 Å². The zero-order valence-corrected chi connectivity index (χ0v) is 12.4. The van der Waals surface area contributed by atoms with Gasteiger partial charge < -0.3 is 15.5 Å². The minimum atomic E-state index is -0.274. The Morgan fingerprint density at radius 1 is 1.21 bits per heavy atom. The molecule has 0 atom stereocenters. The summed E-state index contributed by atoms with van der Waals surface area (Å²) >= 11 is 0. The molecule has 110 valence electrons. The van der Waals surface area contributed by atoms with E-state index in [1.54, 1.807) is 4.90 Å². The Morgan fingerprint density at radius 3 is 2.32 bits per heavy atom. The Labute approximate surface area is 116 Å². The normalized spacial score (nSPS) is 17.8. The summed E-state index contributed by atoms with van der Waals surface area (Å²) < 4.78 is 0. The predicted octanol–water partition coefficient (Wildman–Crippen LogP) is 0.751. The molecule has 5 nitrogen and oxygen atoms in total. The van der Waals surface area contributed by atoms with Crippen molar-refractivity contribution in [2.24, 2.45) is 5.41 Å². The lowest BCUT2D eigenvalue weighted by Gasteiger charge is -2.32. The highest BCUT2D eigenvalue weighted by Gasteiger charge is 2.34. The molecule has 0 spiro atoms. The topological polar surface area (TPSA) is 61.4 Å². The number of hydrogen-bond acceptors (Lipinski definition) is 3. The molecule has 1 saturated heterocycles. The maximum Gasteiger partial charge on any atom is 0.226 e. The number of carbonyl (C=O) groups excluding carboxylic acids is 2. The molecule has 2 amide bonds. The first-order chi connectivity index (χ1) is 9.03. The number of carbonyl (C=O) groups is 2. The van der Waals surface area contributed by atoms with Crippen molar-refractivity contribution in [1.82, 2.24) is 15.5 Å². The third-order valence-corrected chi connectivity index (χ3v) is 4.00. The van der Waals surface area contributed by atoms with Crippen molar-refractivity contribution in [2.75, 3.05) is 32.7 Å². The van der Waals surface area contributed by atoms with E-state index in [9.17, 15) is 9.59 Å². The van der Waals surface area contributed by atoms with Crippen LogP contribution in [0.4, 0.5) is 0 Å². The fourth-order valence-electron chi connectivity index (χ4n) is 2.44. The molecule has 2 N–H and O–H groups in total. The first-order valence-corrected chi connectivity index (χ1v) is 7.30. The van der Waals surface area contributed by atoms with Crippen LogP contribution in [-0.2, 0) is 9.59 Å². The van der Waals surface area contributed by atoms with Crippen LogP contribution < -0.4 is 10.6 Å². The van der Waals surface area contributed by atoms with Crippen molar-refractivity contribution in [2.45, 2.75) is 40.0 Å². The molecule has 1 fully saturated rings. The molecule has 1 heterocycles. The van der Waals surface area contributed by atoms with Gasteiger partial charge in [0.15, 0.2) is 0 Å². The van der Waals surface area contributed by atoms with Crippen LogP contribution in [0.3, 0.4) is 0 Å². The lowest BCUT2D eigenvalue weighted by molar-refractivity contribution is -0.132. The second kappa shape index (κ2) is 7.48. The number of amides is 2. The molecular formula is C14H27N3O2. The molecule has 0 aromatic rings. The highest BCUT2D eigenvalue weighted by Crippen LogP contribution is 2.27. The molecule has 0 aromatic carbocycles. The van der Waals surface area contributed by atoms with Crippen LogP contribution >= 0.6 is 0 Å². The molecule has 5 heteroatoms. The number of hydrogen-bond donors (Lipinski definition) is 2. The van der Waals surface area contributed by atoms with Crippen molar-refractivity contribution in [3.8, 4) is 0 Å². The van der Waals surface area contributed by atoms with E-state index < -0.39 is 0 Å². The molecule has 0 bridgehead atoms. The minimum Gasteiger partial charge on any atom is -0.355 e. The average Bonchev–Trinajstić information content (AvgIpc) is 2.41. The monoisotopic (exact) mass is 269 g/mol. The first-order valence-electron chi connectivity index (χ1n) is 7.30. The third kappa shape index (κ3) is 4.49.